The van der Waals surface area contributed by atoms with Crippen LogP contribution in [0.1, 0.15) is 139 Å². The van der Waals surface area contributed by atoms with Crippen molar-refractivity contribution in [2.75, 3.05) is 0 Å². The van der Waals surface area contributed by atoms with E-state index in [9.17, 15) is 5.11 Å². The highest BCUT2D eigenvalue weighted by Crippen LogP contribution is 2.44. The summed E-state index contributed by atoms with van der Waals surface area (Å²) in [6.45, 7) is 10.5. The van der Waals surface area contributed by atoms with Gasteiger partial charge in [0.15, 0.2) is 5.75 Å². The molecule has 0 amide bonds. The van der Waals surface area contributed by atoms with Crippen molar-refractivity contribution in [2.24, 2.45) is 0 Å². The molecule has 31 heavy (non-hydrogen) atoms. The summed E-state index contributed by atoms with van der Waals surface area (Å²) in [4.78, 5) is 0. The Bertz CT molecular complexity index is 663. The Kier molecular flexibility index (Phi) is 11.3. The second-order valence-electron chi connectivity index (χ2n) is 10.4. The number of rotatable bonds is 15. The van der Waals surface area contributed by atoms with Crippen LogP contribution >= 0.6 is 0 Å². The van der Waals surface area contributed by atoms with Crippen LogP contribution in [-0.4, -0.2) is 5.60 Å². The molecule has 1 aromatic rings. The number of unbranched alkanes of at least 4 members (excludes halogenated alkanes) is 13. The van der Waals surface area contributed by atoms with E-state index >= 15 is 0 Å². The fourth-order valence-electron chi connectivity index (χ4n) is 5.15. The topological polar surface area (TPSA) is 29.1 Å². The molecule has 1 aliphatic heterocycles. The van der Waals surface area contributed by atoms with Gasteiger partial charge in [-0.3, -0.25) is 5.11 Å². The minimum absolute atomic E-state index is 0.0713. The van der Waals surface area contributed by atoms with E-state index < -0.39 is 0 Å². The molecule has 0 saturated heterocycles. The average Bonchev–Trinajstić information content (AvgIpc) is 2.76. The molecule has 0 N–H and O–H groups in total. The van der Waals surface area contributed by atoms with Gasteiger partial charge in [0.05, 0.1) is 0 Å². The lowest BCUT2D eigenvalue weighted by Gasteiger charge is -2.38. The van der Waals surface area contributed by atoms with Gasteiger partial charge < -0.3 is 4.74 Å². The molecule has 0 aromatic heterocycles. The summed E-state index contributed by atoms with van der Waals surface area (Å²) in [5.74, 6) is 1.21. The predicted octanol–water partition coefficient (Wildman–Crippen LogP) is 9.71. The van der Waals surface area contributed by atoms with E-state index in [4.69, 9.17) is 4.74 Å². The monoisotopic (exact) mass is 429 g/mol. The lowest BCUT2D eigenvalue weighted by molar-refractivity contribution is 0.0520. The van der Waals surface area contributed by atoms with Gasteiger partial charge in [0.2, 0.25) is 0 Å². The molecule has 0 aliphatic carbocycles. The highest BCUT2D eigenvalue weighted by Gasteiger charge is 2.34. The van der Waals surface area contributed by atoms with Gasteiger partial charge in [-0.2, -0.15) is 0 Å². The van der Waals surface area contributed by atoms with Crippen LogP contribution in [-0.2, 0) is 11.5 Å². The molecule has 1 atom stereocenters. The quantitative estimate of drug-likeness (QED) is 0.255. The third kappa shape index (κ3) is 8.03. The summed E-state index contributed by atoms with van der Waals surface area (Å²) in [6.07, 6.45) is 22.7. The van der Waals surface area contributed by atoms with Crippen molar-refractivity contribution in [3.63, 3.8) is 0 Å². The largest absolute Gasteiger partial charge is 0.487 e. The predicted molar refractivity (Wildman–Crippen MR) is 133 cm³/mol. The van der Waals surface area contributed by atoms with Crippen LogP contribution in [0.3, 0.4) is 0 Å². The van der Waals surface area contributed by atoms with Gasteiger partial charge in [0.25, 0.3) is 0 Å². The summed E-state index contributed by atoms with van der Waals surface area (Å²) < 4.78 is 6.54. The van der Waals surface area contributed by atoms with Crippen molar-refractivity contribution in [1.82, 2.24) is 0 Å². The van der Waals surface area contributed by atoms with Crippen molar-refractivity contribution < 1.29 is 9.84 Å². The van der Waals surface area contributed by atoms with Crippen LogP contribution in [0.5, 0.6) is 11.5 Å². The molecule has 2 heteroatoms. The smallest absolute Gasteiger partial charge is 0.185 e. The minimum Gasteiger partial charge on any atom is -0.487 e. The molecule has 177 valence electrons. The normalized spacial score (nSPS) is 18.1. The fourth-order valence-corrected chi connectivity index (χ4v) is 5.15. The zero-order valence-corrected chi connectivity index (χ0v) is 21.3. The van der Waals surface area contributed by atoms with E-state index in [0.29, 0.717) is 0 Å². The van der Waals surface area contributed by atoms with Gasteiger partial charge in [-0.1, -0.05) is 90.4 Å². The molecule has 1 unspecified atom stereocenters. The fraction of sp³-hybridized carbons (Fsp3) is 0.793. The molecule has 1 aliphatic rings. The highest BCUT2D eigenvalue weighted by molar-refractivity contribution is 5.58. The Morgan fingerprint density at radius 1 is 0.710 bits per heavy atom. The lowest BCUT2D eigenvalue weighted by atomic mass is 9.84. The van der Waals surface area contributed by atoms with Crippen LogP contribution in [0.25, 0.3) is 0 Å². The van der Waals surface area contributed by atoms with Gasteiger partial charge in [0.1, 0.15) is 11.4 Å². The van der Waals surface area contributed by atoms with Crippen LogP contribution in [0.2, 0.25) is 0 Å². The van der Waals surface area contributed by atoms with Crippen LogP contribution < -0.4 is 4.74 Å². The number of ether oxygens (including phenoxy) is 1. The van der Waals surface area contributed by atoms with E-state index in [2.05, 4.69) is 13.8 Å². The van der Waals surface area contributed by atoms with Crippen molar-refractivity contribution in [3.05, 3.63) is 22.3 Å². The van der Waals surface area contributed by atoms with Crippen molar-refractivity contribution in [1.29, 1.82) is 0 Å². The Balaban J connectivity index is 1.57. The Morgan fingerprint density at radius 3 is 1.71 bits per heavy atom. The van der Waals surface area contributed by atoms with Crippen molar-refractivity contribution >= 4 is 0 Å². The number of hydrogen-bond donors (Lipinski definition) is 0. The second-order valence-corrected chi connectivity index (χ2v) is 10.4. The zero-order valence-electron chi connectivity index (χ0n) is 21.3. The summed E-state index contributed by atoms with van der Waals surface area (Å²) in [7, 11) is 0. The summed E-state index contributed by atoms with van der Waals surface area (Å²) in [5.41, 5.74) is 3.90. The summed E-state index contributed by atoms with van der Waals surface area (Å²) in [6, 6.07) is 0. The van der Waals surface area contributed by atoms with Crippen LogP contribution in [0, 0.1) is 20.8 Å². The number of hydrogen-bond acceptors (Lipinski definition) is 1. The zero-order chi connectivity index (χ0) is 22.7. The first kappa shape index (κ1) is 26.1. The van der Waals surface area contributed by atoms with Crippen molar-refractivity contribution in [3.8, 4) is 11.5 Å². The number of benzene rings is 1. The van der Waals surface area contributed by atoms with Gasteiger partial charge in [-0.15, -0.1) is 0 Å². The average molecular weight is 430 g/mol. The van der Waals surface area contributed by atoms with E-state index in [0.717, 1.165) is 47.3 Å². The van der Waals surface area contributed by atoms with Crippen molar-refractivity contribution in [2.45, 2.75) is 149 Å². The molecular formula is C29H49O2. The molecule has 1 heterocycles. The SMILES string of the molecule is CCCCCCCCCCCCCCCCC1(C)CCc2c(C)c([O])c(C)c(C)c2O1. The molecule has 0 spiro atoms. The maximum atomic E-state index is 12.4. The first-order chi connectivity index (χ1) is 14.9. The standard InChI is InChI=1S/C29H49O2/c1-6-7-8-9-10-11-12-13-14-15-16-17-18-19-21-29(5)22-20-26-25(4)27(30)23(2)24(3)28(26)31-29/h6-22H2,1-5H3. The highest BCUT2D eigenvalue weighted by atomic mass is 16.5. The molecule has 1 aromatic carbocycles. The molecule has 0 bridgehead atoms. The maximum absolute atomic E-state index is 12.4. The third-order valence-corrected chi connectivity index (χ3v) is 7.62. The second kappa shape index (κ2) is 13.4. The van der Waals surface area contributed by atoms with Gasteiger partial charge in [0, 0.05) is 16.7 Å². The molecule has 1 radical (unpaired) electrons. The first-order valence-electron chi connectivity index (χ1n) is 13.4. The van der Waals surface area contributed by atoms with E-state index in [1.54, 1.807) is 0 Å². The van der Waals surface area contributed by atoms with E-state index in [-0.39, 0.29) is 11.4 Å². The van der Waals surface area contributed by atoms with E-state index in [1.165, 1.54) is 89.9 Å². The summed E-state index contributed by atoms with van der Waals surface area (Å²) >= 11 is 0. The Hall–Kier alpha value is -1.18. The van der Waals surface area contributed by atoms with Crippen LogP contribution in [0.15, 0.2) is 0 Å². The van der Waals surface area contributed by atoms with Gasteiger partial charge in [-0.05, 0) is 58.9 Å². The van der Waals surface area contributed by atoms with Gasteiger partial charge >= 0.3 is 0 Å². The Labute approximate surface area is 193 Å². The maximum Gasteiger partial charge on any atom is 0.185 e. The van der Waals surface area contributed by atoms with E-state index in [1.807, 2.05) is 20.8 Å². The molecule has 2 nitrogen and oxygen atoms in total. The molecule has 2 rings (SSSR count). The lowest BCUT2D eigenvalue weighted by Crippen LogP contribution is -2.37. The van der Waals surface area contributed by atoms with Gasteiger partial charge in [-0.25, -0.2) is 0 Å². The van der Waals surface area contributed by atoms with Crippen LogP contribution in [0.4, 0.5) is 0 Å². The molecule has 0 fully saturated rings. The number of fused-ring (bicyclic) bond motifs is 1. The first-order valence-corrected chi connectivity index (χ1v) is 13.4. The molecule has 0 saturated carbocycles. The summed E-state index contributed by atoms with van der Waals surface area (Å²) in [5, 5.41) is 12.4. The molecular weight excluding hydrogens is 380 g/mol. The minimum atomic E-state index is -0.0713. The Morgan fingerprint density at radius 2 is 1.19 bits per heavy atom. The third-order valence-electron chi connectivity index (χ3n) is 7.62.